The third-order valence-electron chi connectivity index (χ3n) is 5.43. The number of ketones is 1. The average Bonchev–Trinajstić information content (AvgIpc) is 2.95. The van der Waals surface area contributed by atoms with Gasteiger partial charge in [-0.2, -0.15) is 0 Å². The summed E-state index contributed by atoms with van der Waals surface area (Å²) < 4.78 is 29.7. The van der Waals surface area contributed by atoms with Gasteiger partial charge >= 0.3 is 6.03 Å². The van der Waals surface area contributed by atoms with Crippen molar-refractivity contribution in [3.8, 4) is 5.75 Å². The molecule has 32 heavy (non-hydrogen) atoms. The molecule has 1 heterocycles. The number of Topliss-reactive ketones (excluding diaryl/α,β-unsaturated/α-hetero) is 1. The number of para-hydroxylation sites is 1. The number of hydrogen-bond donors (Lipinski definition) is 1. The first kappa shape index (κ1) is 23.3. The van der Waals surface area contributed by atoms with Gasteiger partial charge in [0.05, 0.1) is 25.6 Å². The molecule has 170 valence electrons. The number of carbonyl (C=O) groups is 3. The Morgan fingerprint density at radius 2 is 1.75 bits per heavy atom. The highest BCUT2D eigenvalue weighted by atomic mass is 32.2. The molecule has 0 radical (unpaired) electrons. The summed E-state index contributed by atoms with van der Waals surface area (Å²) in [5.41, 5.74) is 0.191. The summed E-state index contributed by atoms with van der Waals surface area (Å²) in [5, 5.41) is 2.68. The molecule has 0 saturated carbocycles. The van der Waals surface area contributed by atoms with Crippen LogP contribution in [0.25, 0.3) is 0 Å². The van der Waals surface area contributed by atoms with Gasteiger partial charge in [-0.25, -0.2) is 13.2 Å². The molecule has 0 bridgehead atoms. The summed E-state index contributed by atoms with van der Waals surface area (Å²) in [4.78, 5) is 39.2. The number of carbonyl (C=O) groups excluding carboxylic acids is 3. The molecule has 1 saturated heterocycles. The number of nitrogens with one attached hydrogen (secondary N) is 1. The van der Waals surface area contributed by atoms with Crippen LogP contribution in [0, 0.1) is 0 Å². The number of ether oxygens (including phenoxy) is 1. The van der Waals surface area contributed by atoms with Crippen molar-refractivity contribution in [3.05, 3.63) is 59.7 Å². The first-order valence-corrected chi connectivity index (χ1v) is 11.6. The molecule has 3 amide bonds. The van der Waals surface area contributed by atoms with Crippen LogP contribution in [-0.4, -0.2) is 63.5 Å². The number of urea groups is 1. The molecule has 0 aromatic heterocycles. The van der Waals surface area contributed by atoms with E-state index in [0.717, 1.165) is 21.0 Å². The van der Waals surface area contributed by atoms with E-state index in [9.17, 15) is 22.8 Å². The third-order valence-corrected chi connectivity index (χ3v) is 6.64. The van der Waals surface area contributed by atoms with E-state index >= 15 is 0 Å². The van der Waals surface area contributed by atoms with Crippen LogP contribution in [-0.2, 0) is 21.2 Å². The molecule has 1 aliphatic rings. The quantitative estimate of drug-likeness (QED) is 0.476. The number of rotatable bonds is 8. The van der Waals surface area contributed by atoms with Gasteiger partial charge in [0.2, 0.25) is 10.0 Å². The van der Waals surface area contributed by atoms with Crippen molar-refractivity contribution >= 4 is 33.4 Å². The minimum atomic E-state index is -3.43. The summed E-state index contributed by atoms with van der Waals surface area (Å²) in [5.74, 6) is -0.344. The average molecular weight is 460 g/mol. The molecule has 9 nitrogen and oxygen atoms in total. The van der Waals surface area contributed by atoms with E-state index in [0.29, 0.717) is 11.4 Å². The van der Waals surface area contributed by atoms with Crippen molar-refractivity contribution < 1.29 is 27.5 Å². The van der Waals surface area contributed by atoms with E-state index in [1.165, 1.54) is 38.4 Å². The normalized spacial score (nSPS) is 18.4. The van der Waals surface area contributed by atoms with Gasteiger partial charge in [0.25, 0.3) is 5.91 Å². The minimum absolute atomic E-state index is 0.207. The van der Waals surface area contributed by atoms with Crippen molar-refractivity contribution in [2.24, 2.45) is 0 Å². The van der Waals surface area contributed by atoms with Crippen LogP contribution in [0.1, 0.15) is 22.8 Å². The molecule has 10 heteroatoms. The zero-order valence-corrected chi connectivity index (χ0v) is 19.1. The lowest BCUT2D eigenvalue weighted by atomic mass is 9.92. The first-order valence-electron chi connectivity index (χ1n) is 9.79. The molecular weight excluding hydrogens is 434 g/mol. The van der Waals surface area contributed by atoms with Crippen molar-refractivity contribution in [1.29, 1.82) is 0 Å². The Morgan fingerprint density at radius 3 is 2.34 bits per heavy atom. The number of anilines is 1. The maximum Gasteiger partial charge on any atom is 0.325 e. The number of imide groups is 1. The second kappa shape index (κ2) is 8.62. The van der Waals surface area contributed by atoms with Gasteiger partial charge in [0.15, 0.2) is 5.78 Å². The van der Waals surface area contributed by atoms with E-state index in [1.54, 1.807) is 13.0 Å². The lowest BCUT2D eigenvalue weighted by Gasteiger charge is -2.22. The van der Waals surface area contributed by atoms with Crippen LogP contribution in [0.3, 0.4) is 0 Å². The highest BCUT2D eigenvalue weighted by Gasteiger charge is 2.48. The number of benzene rings is 2. The molecule has 2 aromatic carbocycles. The second-order valence-corrected chi connectivity index (χ2v) is 9.86. The largest absolute Gasteiger partial charge is 0.496 e. The summed E-state index contributed by atoms with van der Waals surface area (Å²) in [7, 11) is -0.500. The third kappa shape index (κ3) is 4.59. The molecule has 1 N–H and O–H groups in total. The van der Waals surface area contributed by atoms with E-state index < -0.39 is 39.8 Å². The zero-order valence-electron chi connectivity index (χ0n) is 18.3. The fourth-order valence-corrected chi connectivity index (χ4v) is 4.03. The van der Waals surface area contributed by atoms with Gasteiger partial charge in [-0.3, -0.25) is 18.8 Å². The van der Waals surface area contributed by atoms with Crippen LogP contribution in [0.2, 0.25) is 0 Å². The van der Waals surface area contributed by atoms with Crippen molar-refractivity contribution in [2.45, 2.75) is 18.9 Å². The van der Waals surface area contributed by atoms with E-state index in [4.69, 9.17) is 4.74 Å². The van der Waals surface area contributed by atoms with E-state index in [2.05, 4.69) is 5.32 Å². The van der Waals surface area contributed by atoms with Gasteiger partial charge in [-0.05, 0) is 42.8 Å². The van der Waals surface area contributed by atoms with Crippen LogP contribution < -0.4 is 14.4 Å². The lowest BCUT2D eigenvalue weighted by molar-refractivity contribution is -0.130. The first-order chi connectivity index (χ1) is 15.0. The smallest absolute Gasteiger partial charge is 0.325 e. The van der Waals surface area contributed by atoms with E-state index in [-0.39, 0.29) is 12.0 Å². The molecule has 0 aliphatic carbocycles. The van der Waals surface area contributed by atoms with Gasteiger partial charge in [-0.1, -0.05) is 18.2 Å². The molecule has 0 spiro atoms. The predicted molar refractivity (Wildman–Crippen MR) is 119 cm³/mol. The van der Waals surface area contributed by atoms with E-state index in [1.807, 2.05) is 18.2 Å². The minimum Gasteiger partial charge on any atom is -0.496 e. The maximum absolute atomic E-state index is 13.0. The summed E-state index contributed by atoms with van der Waals surface area (Å²) in [6.45, 7) is 1.19. The number of sulfonamides is 1. The van der Waals surface area contributed by atoms with Gasteiger partial charge in [0.1, 0.15) is 11.3 Å². The second-order valence-electron chi connectivity index (χ2n) is 7.84. The number of amides is 3. The Hall–Kier alpha value is -3.40. The lowest BCUT2D eigenvalue weighted by Crippen LogP contribution is -2.46. The van der Waals surface area contributed by atoms with Crippen LogP contribution >= 0.6 is 0 Å². The molecule has 1 fully saturated rings. The Kier molecular flexibility index (Phi) is 6.27. The Morgan fingerprint density at radius 1 is 1.12 bits per heavy atom. The zero-order chi connectivity index (χ0) is 23.7. The summed E-state index contributed by atoms with van der Waals surface area (Å²) in [6.07, 6.45) is 1.28. The Bertz CT molecular complexity index is 1160. The molecular formula is C22H25N3O6S. The Labute approximate surface area is 187 Å². The van der Waals surface area contributed by atoms with Crippen molar-refractivity contribution in [2.75, 3.05) is 31.3 Å². The van der Waals surface area contributed by atoms with Crippen LogP contribution in [0.4, 0.5) is 10.5 Å². The Balaban J connectivity index is 1.74. The van der Waals surface area contributed by atoms with Gasteiger partial charge in [0, 0.05) is 19.0 Å². The molecule has 1 unspecified atom stereocenters. The number of methoxy groups -OCH3 is 1. The monoisotopic (exact) mass is 459 g/mol. The van der Waals surface area contributed by atoms with Crippen molar-refractivity contribution in [3.63, 3.8) is 0 Å². The van der Waals surface area contributed by atoms with Crippen LogP contribution in [0.5, 0.6) is 5.75 Å². The molecule has 1 aliphatic heterocycles. The number of hydrogen-bond acceptors (Lipinski definition) is 6. The fraction of sp³-hybridized carbons (Fsp3) is 0.318. The standard InChI is InChI=1S/C22H25N3O6S/c1-22(13-16-7-5-6-8-19(16)31-3)20(27)25(21(28)23-22)14-18(26)15-9-11-17(12-10-15)24(2)32(4,29)30/h5-12H,13-14H2,1-4H3,(H,23,28). The predicted octanol–water partition coefficient (Wildman–Crippen LogP) is 1.83. The van der Waals surface area contributed by atoms with Gasteiger partial charge in [-0.15, -0.1) is 0 Å². The van der Waals surface area contributed by atoms with Crippen LogP contribution in [0.15, 0.2) is 48.5 Å². The number of nitrogens with zero attached hydrogens (tertiary/aromatic N) is 2. The highest BCUT2D eigenvalue weighted by Crippen LogP contribution is 2.27. The fourth-order valence-electron chi connectivity index (χ4n) is 3.52. The summed E-state index contributed by atoms with van der Waals surface area (Å²) in [6, 6.07) is 12.5. The highest BCUT2D eigenvalue weighted by molar-refractivity contribution is 7.92. The topological polar surface area (TPSA) is 113 Å². The summed E-state index contributed by atoms with van der Waals surface area (Å²) >= 11 is 0. The van der Waals surface area contributed by atoms with Crippen molar-refractivity contribution in [1.82, 2.24) is 10.2 Å². The molecule has 2 aromatic rings. The maximum atomic E-state index is 13.0. The van der Waals surface area contributed by atoms with Gasteiger partial charge < -0.3 is 10.1 Å². The SMILES string of the molecule is COc1ccccc1CC1(C)NC(=O)N(CC(=O)c2ccc(N(C)S(C)(=O)=O)cc2)C1=O. The molecule has 3 rings (SSSR count). The molecule has 1 atom stereocenters.